The molecule has 4 aromatic rings. The van der Waals surface area contributed by atoms with E-state index in [2.05, 4.69) is 10.2 Å². The van der Waals surface area contributed by atoms with Gasteiger partial charge < -0.3 is 19.4 Å². The van der Waals surface area contributed by atoms with E-state index >= 15 is 0 Å². The highest BCUT2D eigenvalue weighted by Gasteiger charge is 2.16. The van der Waals surface area contributed by atoms with Crippen molar-refractivity contribution in [2.45, 2.75) is 13.0 Å². The van der Waals surface area contributed by atoms with E-state index in [1.165, 1.54) is 4.57 Å². The smallest absolute Gasteiger partial charge is 0.408 e. The fourth-order valence-electron chi connectivity index (χ4n) is 3.54. The van der Waals surface area contributed by atoms with Gasteiger partial charge in [0.05, 0.1) is 28.9 Å². The van der Waals surface area contributed by atoms with Crippen LogP contribution >= 0.6 is 11.3 Å². The van der Waals surface area contributed by atoms with Gasteiger partial charge in [-0.2, -0.15) is 0 Å². The van der Waals surface area contributed by atoms with Crippen LogP contribution < -0.4 is 16.0 Å². The SMILES string of the molecule is O=C(CCn1c(=O)oc2ccccc21)Nc1ccc2nc(N3CCOCC3)sc2c1. The maximum absolute atomic E-state index is 12.5. The molecule has 1 saturated heterocycles. The minimum absolute atomic E-state index is 0.163. The van der Waals surface area contributed by atoms with Crippen molar-refractivity contribution < 1.29 is 13.9 Å². The summed E-state index contributed by atoms with van der Waals surface area (Å²) in [6.07, 6.45) is 0.170. The number of fused-ring (bicyclic) bond motifs is 2. The molecule has 1 fully saturated rings. The van der Waals surface area contributed by atoms with E-state index < -0.39 is 5.76 Å². The van der Waals surface area contributed by atoms with Gasteiger partial charge in [0.2, 0.25) is 5.91 Å². The van der Waals surface area contributed by atoms with Crippen LogP contribution in [0.15, 0.2) is 51.7 Å². The third kappa shape index (κ3) is 3.69. The van der Waals surface area contributed by atoms with Crippen molar-refractivity contribution in [2.24, 2.45) is 0 Å². The van der Waals surface area contributed by atoms with E-state index in [9.17, 15) is 9.59 Å². The molecule has 3 heterocycles. The number of ether oxygens (including phenoxy) is 1. The second kappa shape index (κ2) is 7.92. The Bertz CT molecular complexity index is 1270. The lowest BCUT2D eigenvalue weighted by Gasteiger charge is -2.25. The molecule has 0 spiro atoms. The number of hydrogen-bond acceptors (Lipinski definition) is 7. The lowest BCUT2D eigenvalue weighted by atomic mass is 10.3. The van der Waals surface area contributed by atoms with Crippen LogP contribution in [0.5, 0.6) is 0 Å². The van der Waals surface area contributed by atoms with E-state index in [-0.39, 0.29) is 18.9 Å². The number of nitrogens with zero attached hydrogens (tertiary/aromatic N) is 3. The maximum atomic E-state index is 12.5. The van der Waals surface area contributed by atoms with E-state index in [0.717, 1.165) is 28.4 Å². The minimum atomic E-state index is -0.453. The van der Waals surface area contributed by atoms with E-state index in [1.54, 1.807) is 17.4 Å². The molecular formula is C21H20N4O4S. The Morgan fingerprint density at radius 3 is 2.87 bits per heavy atom. The Labute approximate surface area is 175 Å². The van der Waals surface area contributed by atoms with Crippen molar-refractivity contribution >= 4 is 49.4 Å². The summed E-state index contributed by atoms with van der Waals surface area (Å²) in [6.45, 7) is 3.36. The predicted molar refractivity (Wildman–Crippen MR) is 116 cm³/mol. The zero-order valence-electron chi connectivity index (χ0n) is 16.2. The van der Waals surface area contributed by atoms with Gasteiger partial charge in [-0.05, 0) is 30.3 Å². The van der Waals surface area contributed by atoms with Gasteiger partial charge >= 0.3 is 5.76 Å². The first-order valence-electron chi connectivity index (χ1n) is 9.79. The molecule has 1 aliphatic heterocycles. The number of aromatic nitrogens is 2. The highest BCUT2D eigenvalue weighted by molar-refractivity contribution is 7.22. The van der Waals surface area contributed by atoms with Gasteiger partial charge in [0.15, 0.2) is 10.7 Å². The number of para-hydroxylation sites is 2. The van der Waals surface area contributed by atoms with E-state index in [4.69, 9.17) is 14.1 Å². The number of rotatable bonds is 5. The molecule has 0 saturated carbocycles. The number of benzene rings is 2. The van der Waals surface area contributed by atoms with Crippen molar-refractivity contribution in [3.63, 3.8) is 0 Å². The molecule has 30 heavy (non-hydrogen) atoms. The zero-order chi connectivity index (χ0) is 20.5. The monoisotopic (exact) mass is 424 g/mol. The van der Waals surface area contributed by atoms with Crippen molar-refractivity contribution in [1.82, 2.24) is 9.55 Å². The molecular weight excluding hydrogens is 404 g/mol. The molecule has 1 aliphatic rings. The quantitative estimate of drug-likeness (QED) is 0.530. The second-order valence-corrected chi connectivity index (χ2v) is 8.07. The Hall–Kier alpha value is -3.17. The number of nitrogens with one attached hydrogen (secondary N) is 1. The van der Waals surface area contributed by atoms with Crippen molar-refractivity contribution in [3.8, 4) is 0 Å². The highest BCUT2D eigenvalue weighted by atomic mass is 32.1. The van der Waals surface area contributed by atoms with Gasteiger partial charge in [0.25, 0.3) is 0 Å². The average molecular weight is 424 g/mol. The van der Waals surface area contributed by atoms with Gasteiger partial charge in [0.1, 0.15) is 0 Å². The molecule has 2 aromatic carbocycles. The molecule has 0 atom stereocenters. The highest BCUT2D eigenvalue weighted by Crippen LogP contribution is 2.31. The van der Waals surface area contributed by atoms with Crippen LogP contribution in [0.4, 0.5) is 10.8 Å². The molecule has 5 rings (SSSR count). The molecule has 2 aromatic heterocycles. The number of oxazole rings is 1. The van der Waals surface area contributed by atoms with Crippen LogP contribution in [0.25, 0.3) is 21.3 Å². The molecule has 0 radical (unpaired) electrons. The number of carbonyl (C=O) groups excluding carboxylic acids is 1. The lowest BCUT2D eigenvalue weighted by Crippen LogP contribution is -2.36. The topological polar surface area (TPSA) is 89.6 Å². The van der Waals surface area contributed by atoms with Crippen molar-refractivity contribution in [2.75, 3.05) is 36.5 Å². The second-order valence-electron chi connectivity index (χ2n) is 7.06. The lowest BCUT2D eigenvalue weighted by molar-refractivity contribution is -0.116. The number of anilines is 2. The fourth-order valence-corrected chi connectivity index (χ4v) is 4.60. The molecule has 0 aliphatic carbocycles. The van der Waals surface area contributed by atoms with Crippen molar-refractivity contribution in [3.05, 3.63) is 53.0 Å². The third-order valence-corrected chi connectivity index (χ3v) is 6.16. The largest absolute Gasteiger partial charge is 0.419 e. The number of hydrogen-bond donors (Lipinski definition) is 1. The summed E-state index contributed by atoms with van der Waals surface area (Å²) in [5, 5.41) is 3.89. The Morgan fingerprint density at radius 1 is 1.17 bits per heavy atom. The van der Waals surface area contributed by atoms with E-state index in [0.29, 0.717) is 30.0 Å². The van der Waals surface area contributed by atoms with Gasteiger partial charge in [-0.1, -0.05) is 23.5 Å². The molecule has 1 amide bonds. The predicted octanol–water partition coefficient (Wildman–Crippen LogP) is 3.07. The van der Waals surface area contributed by atoms with Crippen molar-refractivity contribution in [1.29, 1.82) is 0 Å². The third-order valence-electron chi connectivity index (χ3n) is 5.08. The zero-order valence-corrected chi connectivity index (χ0v) is 17.0. The summed E-state index contributed by atoms with van der Waals surface area (Å²) >= 11 is 1.61. The van der Waals surface area contributed by atoms with Crippen LogP contribution in [0.3, 0.4) is 0 Å². The number of morpholine rings is 1. The molecule has 0 bridgehead atoms. The maximum Gasteiger partial charge on any atom is 0.419 e. The summed E-state index contributed by atoms with van der Waals surface area (Å²) in [7, 11) is 0. The Kier molecular flexibility index (Phi) is 4.97. The first-order chi connectivity index (χ1) is 14.7. The molecule has 9 heteroatoms. The Balaban J connectivity index is 1.27. The number of amides is 1. The average Bonchev–Trinajstić information content (AvgIpc) is 3.33. The van der Waals surface area contributed by atoms with Gasteiger partial charge in [-0.25, -0.2) is 9.78 Å². The first kappa shape index (κ1) is 18.8. The molecule has 154 valence electrons. The van der Waals surface area contributed by atoms with Crippen LogP contribution in [-0.2, 0) is 16.1 Å². The molecule has 1 N–H and O–H groups in total. The summed E-state index contributed by atoms with van der Waals surface area (Å²) in [4.78, 5) is 31.4. The summed E-state index contributed by atoms with van der Waals surface area (Å²) < 4.78 is 13.1. The molecule has 8 nitrogen and oxygen atoms in total. The number of thiazole rings is 1. The van der Waals surface area contributed by atoms with Gasteiger partial charge in [-0.15, -0.1) is 0 Å². The summed E-state index contributed by atoms with van der Waals surface area (Å²) in [5.41, 5.74) is 2.84. The normalized spacial score (nSPS) is 14.5. The molecule has 0 unspecified atom stereocenters. The Morgan fingerprint density at radius 2 is 2.00 bits per heavy atom. The van der Waals surface area contributed by atoms with Gasteiger partial charge in [-0.3, -0.25) is 9.36 Å². The number of carbonyl (C=O) groups is 1. The summed E-state index contributed by atoms with van der Waals surface area (Å²) in [6, 6.07) is 12.9. The fraction of sp³-hybridized carbons (Fsp3) is 0.286. The van der Waals surface area contributed by atoms with Crippen LogP contribution in [0.1, 0.15) is 6.42 Å². The summed E-state index contributed by atoms with van der Waals surface area (Å²) in [5.74, 6) is -0.616. The standard InChI is InChI=1S/C21H20N4O4S/c26-19(7-8-25-16-3-1-2-4-17(16)29-21(25)27)22-14-5-6-15-18(13-14)30-20(23-15)24-9-11-28-12-10-24/h1-6,13H,7-12H2,(H,22,26). The van der Waals surface area contributed by atoms with Crippen LogP contribution in [-0.4, -0.2) is 41.8 Å². The number of aryl methyl sites for hydroxylation is 1. The minimum Gasteiger partial charge on any atom is -0.408 e. The van der Waals surface area contributed by atoms with Crippen LogP contribution in [0, 0.1) is 0 Å². The first-order valence-corrected chi connectivity index (χ1v) is 10.6. The van der Waals surface area contributed by atoms with Crippen LogP contribution in [0.2, 0.25) is 0 Å². The van der Waals surface area contributed by atoms with E-state index in [1.807, 2.05) is 36.4 Å². The van der Waals surface area contributed by atoms with Gasteiger partial charge in [0, 0.05) is 31.7 Å².